The number of amides is 1. The number of non-ortho nitro benzene ring substituents is 1. The number of nitro groups is 1. The van der Waals surface area contributed by atoms with Gasteiger partial charge in [0.1, 0.15) is 6.61 Å². The summed E-state index contributed by atoms with van der Waals surface area (Å²) in [6, 6.07) is 15.1. The van der Waals surface area contributed by atoms with Crippen molar-refractivity contribution in [2.24, 2.45) is 0 Å². The summed E-state index contributed by atoms with van der Waals surface area (Å²) in [5.74, 6) is 0. The van der Waals surface area contributed by atoms with E-state index in [9.17, 15) is 14.9 Å². The Balaban J connectivity index is 1.86. The van der Waals surface area contributed by atoms with Gasteiger partial charge in [0, 0.05) is 12.1 Å². The van der Waals surface area contributed by atoms with Gasteiger partial charge in [-0.2, -0.15) is 0 Å². The molecule has 1 amide bonds. The van der Waals surface area contributed by atoms with Crippen molar-refractivity contribution in [1.82, 2.24) is 5.32 Å². The van der Waals surface area contributed by atoms with Crippen LogP contribution in [-0.4, -0.2) is 11.0 Å². The smallest absolute Gasteiger partial charge is 0.407 e. The molecule has 0 radical (unpaired) electrons. The molecule has 22 heavy (non-hydrogen) atoms. The van der Waals surface area contributed by atoms with E-state index in [1.165, 1.54) is 12.1 Å². The van der Waals surface area contributed by atoms with Gasteiger partial charge in [0.2, 0.25) is 0 Å². The van der Waals surface area contributed by atoms with Gasteiger partial charge in [0.15, 0.2) is 0 Å². The van der Waals surface area contributed by atoms with Crippen LogP contribution in [0.4, 0.5) is 10.5 Å². The third-order valence-corrected chi connectivity index (χ3v) is 3.15. The summed E-state index contributed by atoms with van der Waals surface area (Å²) in [6.07, 6.45) is -0.533. The summed E-state index contributed by atoms with van der Waals surface area (Å²) in [6.45, 7) is 1.98. The quantitative estimate of drug-likeness (QED) is 0.676. The van der Waals surface area contributed by atoms with Crippen molar-refractivity contribution in [1.29, 1.82) is 0 Å². The molecule has 2 aromatic rings. The lowest BCUT2D eigenvalue weighted by atomic mass is 10.1. The molecule has 1 N–H and O–H groups in total. The van der Waals surface area contributed by atoms with Crippen LogP contribution in [0.5, 0.6) is 0 Å². The fourth-order valence-electron chi connectivity index (χ4n) is 1.91. The molecule has 0 unspecified atom stereocenters. The van der Waals surface area contributed by atoms with Crippen molar-refractivity contribution >= 4 is 11.8 Å². The zero-order valence-corrected chi connectivity index (χ0v) is 12.1. The Hall–Kier alpha value is -2.89. The number of carbonyl (C=O) groups excluding carboxylic acids is 1. The van der Waals surface area contributed by atoms with Crippen LogP contribution in [0.3, 0.4) is 0 Å². The number of nitrogens with zero attached hydrogens (tertiary/aromatic N) is 1. The van der Waals surface area contributed by atoms with Crippen molar-refractivity contribution in [3.8, 4) is 0 Å². The van der Waals surface area contributed by atoms with Crippen LogP contribution in [0.25, 0.3) is 0 Å². The maximum absolute atomic E-state index is 11.7. The molecule has 0 aliphatic carbocycles. The van der Waals surface area contributed by atoms with Crippen LogP contribution in [0.2, 0.25) is 0 Å². The van der Waals surface area contributed by atoms with E-state index in [1.54, 1.807) is 19.1 Å². The van der Waals surface area contributed by atoms with Gasteiger partial charge in [-0.05, 0) is 18.1 Å². The lowest BCUT2D eigenvalue weighted by Crippen LogP contribution is -2.27. The first kappa shape index (κ1) is 15.5. The molecule has 1 atom stereocenters. The van der Waals surface area contributed by atoms with Crippen molar-refractivity contribution in [3.05, 3.63) is 75.8 Å². The third kappa shape index (κ3) is 4.31. The van der Waals surface area contributed by atoms with E-state index >= 15 is 0 Å². The van der Waals surface area contributed by atoms with E-state index in [4.69, 9.17) is 4.74 Å². The SMILES string of the molecule is C[C@H](NC(=O)OCc1ccccc1)c1ccc([N+](=O)[O-])cc1. The van der Waals surface area contributed by atoms with Crippen LogP contribution < -0.4 is 5.32 Å². The molecular formula is C16H16N2O4. The fraction of sp³-hybridized carbons (Fsp3) is 0.188. The molecule has 0 aliphatic rings. The second kappa shape index (κ2) is 7.21. The number of nitro benzene ring substituents is 1. The van der Waals surface area contributed by atoms with Gasteiger partial charge in [-0.1, -0.05) is 42.5 Å². The molecule has 0 fully saturated rings. The van der Waals surface area contributed by atoms with Gasteiger partial charge < -0.3 is 10.1 Å². The zero-order valence-electron chi connectivity index (χ0n) is 12.1. The molecule has 2 aromatic carbocycles. The van der Waals surface area contributed by atoms with E-state index in [-0.39, 0.29) is 18.3 Å². The lowest BCUT2D eigenvalue weighted by Gasteiger charge is -2.14. The number of nitrogens with one attached hydrogen (secondary N) is 1. The van der Waals surface area contributed by atoms with Gasteiger partial charge in [0.05, 0.1) is 11.0 Å². The third-order valence-electron chi connectivity index (χ3n) is 3.15. The molecule has 0 saturated heterocycles. The predicted molar refractivity (Wildman–Crippen MR) is 81.3 cm³/mol. The molecule has 114 valence electrons. The summed E-state index contributed by atoms with van der Waals surface area (Å²) < 4.78 is 5.12. The Morgan fingerprint density at radius 2 is 1.82 bits per heavy atom. The summed E-state index contributed by atoms with van der Waals surface area (Å²) in [7, 11) is 0. The number of carbonyl (C=O) groups is 1. The number of alkyl carbamates (subject to hydrolysis) is 1. The topological polar surface area (TPSA) is 81.5 Å². The van der Waals surface area contributed by atoms with Gasteiger partial charge in [0.25, 0.3) is 5.69 Å². The molecule has 0 bridgehead atoms. The van der Waals surface area contributed by atoms with Crippen LogP contribution in [0.15, 0.2) is 54.6 Å². The maximum atomic E-state index is 11.7. The van der Waals surface area contributed by atoms with Crippen LogP contribution in [0.1, 0.15) is 24.1 Å². The average molecular weight is 300 g/mol. The highest BCUT2D eigenvalue weighted by atomic mass is 16.6. The number of benzene rings is 2. The summed E-state index contributed by atoms with van der Waals surface area (Å²) in [4.78, 5) is 21.9. The molecule has 6 nitrogen and oxygen atoms in total. The normalized spacial score (nSPS) is 11.5. The second-order valence-corrected chi connectivity index (χ2v) is 4.78. The lowest BCUT2D eigenvalue weighted by molar-refractivity contribution is -0.384. The number of ether oxygens (including phenoxy) is 1. The van der Waals surface area contributed by atoms with Crippen LogP contribution in [-0.2, 0) is 11.3 Å². The minimum Gasteiger partial charge on any atom is -0.445 e. The van der Waals surface area contributed by atoms with Crippen molar-refractivity contribution in [3.63, 3.8) is 0 Å². The summed E-state index contributed by atoms with van der Waals surface area (Å²) >= 11 is 0. The van der Waals surface area contributed by atoms with Gasteiger partial charge >= 0.3 is 6.09 Å². The van der Waals surface area contributed by atoms with Crippen LogP contribution in [0, 0.1) is 10.1 Å². The van der Waals surface area contributed by atoms with E-state index in [1.807, 2.05) is 30.3 Å². The summed E-state index contributed by atoms with van der Waals surface area (Å²) in [5, 5.41) is 13.3. The number of hydrogen-bond donors (Lipinski definition) is 1. The first-order valence-corrected chi connectivity index (χ1v) is 6.78. The molecule has 0 aliphatic heterocycles. The number of rotatable bonds is 5. The van der Waals surface area contributed by atoms with Crippen LogP contribution >= 0.6 is 0 Å². The molecule has 0 saturated carbocycles. The minimum absolute atomic E-state index is 0.0163. The first-order valence-electron chi connectivity index (χ1n) is 6.78. The largest absolute Gasteiger partial charge is 0.445 e. The monoisotopic (exact) mass is 300 g/mol. The standard InChI is InChI=1S/C16H16N2O4/c1-12(14-7-9-15(10-8-14)18(20)21)17-16(19)22-11-13-5-3-2-4-6-13/h2-10,12H,11H2,1H3,(H,17,19)/t12-/m0/s1. The molecule has 0 aromatic heterocycles. The Kier molecular flexibility index (Phi) is 5.08. The molecule has 0 heterocycles. The predicted octanol–water partition coefficient (Wildman–Crippen LogP) is 3.58. The second-order valence-electron chi connectivity index (χ2n) is 4.78. The fourth-order valence-corrected chi connectivity index (χ4v) is 1.91. The Morgan fingerprint density at radius 1 is 1.18 bits per heavy atom. The maximum Gasteiger partial charge on any atom is 0.407 e. The zero-order chi connectivity index (χ0) is 15.9. The van der Waals surface area contributed by atoms with Crippen molar-refractivity contribution in [2.75, 3.05) is 0 Å². The van der Waals surface area contributed by atoms with E-state index in [0.717, 1.165) is 11.1 Å². The molecule has 6 heteroatoms. The van der Waals surface area contributed by atoms with Gasteiger partial charge in [-0.15, -0.1) is 0 Å². The minimum atomic E-state index is -0.533. The molecular weight excluding hydrogens is 284 g/mol. The Labute approximate surface area is 127 Å². The Morgan fingerprint density at radius 3 is 2.41 bits per heavy atom. The molecule has 2 rings (SSSR count). The van der Waals surface area contributed by atoms with E-state index < -0.39 is 11.0 Å². The Bertz CT molecular complexity index is 641. The number of hydrogen-bond acceptors (Lipinski definition) is 4. The highest BCUT2D eigenvalue weighted by Crippen LogP contribution is 2.17. The summed E-state index contributed by atoms with van der Waals surface area (Å²) in [5.41, 5.74) is 1.69. The molecule has 0 spiro atoms. The first-order chi connectivity index (χ1) is 10.6. The van der Waals surface area contributed by atoms with E-state index in [2.05, 4.69) is 5.32 Å². The van der Waals surface area contributed by atoms with E-state index in [0.29, 0.717) is 0 Å². The van der Waals surface area contributed by atoms with Crippen molar-refractivity contribution in [2.45, 2.75) is 19.6 Å². The van der Waals surface area contributed by atoms with Crippen molar-refractivity contribution < 1.29 is 14.5 Å². The highest BCUT2D eigenvalue weighted by Gasteiger charge is 2.12. The highest BCUT2D eigenvalue weighted by molar-refractivity contribution is 5.67. The van der Waals surface area contributed by atoms with Gasteiger partial charge in [-0.3, -0.25) is 10.1 Å². The van der Waals surface area contributed by atoms with Gasteiger partial charge in [-0.25, -0.2) is 4.79 Å². The average Bonchev–Trinajstić information content (AvgIpc) is 2.54.